The lowest BCUT2D eigenvalue weighted by molar-refractivity contribution is -0.133. The molecule has 0 bridgehead atoms. The van der Waals surface area contributed by atoms with E-state index in [2.05, 4.69) is 20.2 Å². The van der Waals surface area contributed by atoms with Gasteiger partial charge in [0.2, 0.25) is 5.89 Å². The number of para-hydroxylation sites is 1. The van der Waals surface area contributed by atoms with Crippen LogP contribution in [0.25, 0.3) is 23.0 Å². The lowest BCUT2D eigenvalue weighted by atomic mass is 10.2. The molecule has 2 N–H and O–H groups in total. The molecule has 0 unspecified atom stereocenters. The summed E-state index contributed by atoms with van der Waals surface area (Å²) < 4.78 is 11.4. The number of benzene rings is 2. The van der Waals surface area contributed by atoms with Crippen LogP contribution in [0.1, 0.15) is 0 Å². The molecule has 0 aliphatic carbocycles. The molecule has 2 aromatic carbocycles. The molecule has 1 fully saturated rings. The summed E-state index contributed by atoms with van der Waals surface area (Å²) in [6, 6.07) is 18.8. The van der Waals surface area contributed by atoms with E-state index in [0.29, 0.717) is 49.3 Å². The van der Waals surface area contributed by atoms with Crippen LogP contribution in [-0.2, 0) is 4.79 Å². The predicted molar refractivity (Wildman–Crippen MR) is 126 cm³/mol. The molecule has 10 heteroatoms. The van der Waals surface area contributed by atoms with Crippen molar-refractivity contribution >= 4 is 17.5 Å². The van der Waals surface area contributed by atoms with Crippen LogP contribution < -0.4 is 15.4 Å². The number of nitrogens with two attached hydrogens (primary N) is 1. The minimum Gasteiger partial charge on any atom is -0.484 e. The molecule has 1 aliphatic rings. The Balaban J connectivity index is 1.23. The third-order valence-electron chi connectivity index (χ3n) is 5.50. The topological polar surface area (TPSA) is 124 Å². The third kappa shape index (κ3) is 4.65. The molecule has 34 heavy (non-hydrogen) atoms. The van der Waals surface area contributed by atoms with Gasteiger partial charge in [-0.2, -0.15) is 0 Å². The molecule has 0 radical (unpaired) electrons. The fourth-order valence-corrected chi connectivity index (χ4v) is 3.65. The molecule has 0 saturated carbocycles. The number of hydrogen-bond acceptors (Lipinski definition) is 9. The Morgan fingerprint density at radius 1 is 0.941 bits per heavy atom. The van der Waals surface area contributed by atoms with Crippen molar-refractivity contribution in [2.24, 2.45) is 0 Å². The third-order valence-corrected chi connectivity index (χ3v) is 5.50. The number of rotatable bonds is 6. The number of carbonyl (C=O) groups is 1. The maximum Gasteiger partial charge on any atom is 0.270 e. The highest BCUT2D eigenvalue weighted by Crippen LogP contribution is 2.27. The van der Waals surface area contributed by atoms with E-state index in [0.717, 1.165) is 5.56 Å². The molecule has 1 amide bonds. The highest BCUT2D eigenvalue weighted by atomic mass is 16.5. The van der Waals surface area contributed by atoms with Gasteiger partial charge >= 0.3 is 0 Å². The van der Waals surface area contributed by atoms with E-state index < -0.39 is 0 Å². The zero-order chi connectivity index (χ0) is 23.3. The smallest absolute Gasteiger partial charge is 0.270 e. The largest absolute Gasteiger partial charge is 0.484 e. The highest BCUT2D eigenvalue weighted by Gasteiger charge is 2.24. The standard InChI is InChI=1S/C24H23N7O3/c25-22-21(24-29-28-23(34-24)17-7-3-1-4-8-17)27-19(15-26-22)30-11-13-31(14-12-30)20(32)16-33-18-9-5-2-6-10-18/h1-10,15H,11-14,16H2,(H2,25,26). The molecule has 2 aromatic heterocycles. The maximum absolute atomic E-state index is 12.5. The normalized spacial score (nSPS) is 13.6. The van der Waals surface area contributed by atoms with E-state index in [-0.39, 0.29) is 24.2 Å². The van der Waals surface area contributed by atoms with Crippen molar-refractivity contribution in [1.29, 1.82) is 0 Å². The van der Waals surface area contributed by atoms with Gasteiger partial charge in [-0.1, -0.05) is 36.4 Å². The van der Waals surface area contributed by atoms with Gasteiger partial charge in [0.05, 0.1) is 6.20 Å². The van der Waals surface area contributed by atoms with Gasteiger partial charge < -0.3 is 24.7 Å². The zero-order valence-electron chi connectivity index (χ0n) is 18.4. The monoisotopic (exact) mass is 457 g/mol. The number of piperazine rings is 1. The SMILES string of the molecule is Nc1ncc(N2CCN(C(=O)COc3ccccc3)CC2)nc1-c1nnc(-c2ccccc2)o1. The molecule has 1 saturated heterocycles. The van der Waals surface area contributed by atoms with E-state index in [9.17, 15) is 4.79 Å². The summed E-state index contributed by atoms with van der Waals surface area (Å²) in [7, 11) is 0. The van der Waals surface area contributed by atoms with Crippen molar-refractivity contribution < 1.29 is 13.9 Å². The molecular formula is C24H23N7O3. The molecule has 4 aromatic rings. The average molecular weight is 457 g/mol. The van der Waals surface area contributed by atoms with Crippen LogP contribution in [0.3, 0.4) is 0 Å². The molecule has 0 spiro atoms. The number of amides is 1. The Bertz CT molecular complexity index is 1260. The van der Waals surface area contributed by atoms with Crippen molar-refractivity contribution in [3.63, 3.8) is 0 Å². The van der Waals surface area contributed by atoms with Crippen molar-refractivity contribution in [3.8, 4) is 28.8 Å². The fraction of sp³-hybridized carbons (Fsp3) is 0.208. The summed E-state index contributed by atoms with van der Waals surface area (Å²) in [4.78, 5) is 25.3. The van der Waals surface area contributed by atoms with Gasteiger partial charge in [-0.15, -0.1) is 10.2 Å². The number of nitrogens with zero attached hydrogens (tertiary/aromatic N) is 6. The summed E-state index contributed by atoms with van der Waals surface area (Å²) in [6.07, 6.45) is 1.61. The second-order valence-corrected chi connectivity index (χ2v) is 7.71. The molecule has 1 aliphatic heterocycles. The zero-order valence-corrected chi connectivity index (χ0v) is 18.4. The molecule has 0 atom stereocenters. The van der Waals surface area contributed by atoms with E-state index in [1.54, 1.807) is 11.1 Å². The van der Waals surface area contributed by atoms with Crippen molar-refractivity contribution in [1.82, 2.24) is 25.1 Å². The fourth-order valence-electron chi connectivity index (χ4n) is 3.65. The quantitative estimate of drug-likeness (QED) is 0.465. The second kappa shape index (κ2) is 9.57. The van der Waals surface area contributed by atoms with E-state index in [1.807, 2.05) is 65.6 Å². The Morgan fingerprint density at radius 2 is 1.62 bits per heavy atom. The summed E-state index contributed by atoms with van der Waals surface area (Å²) in [5.74, 6) is 2.06. The van der Waals surface area contributed by atoms with Crippen LogP contribution in [0.4, 0.5) is 11.6 Å². The number of nitrogen functional groups attached to an aromatic ring is 1. The van der Waals surface area contributed by atoms with Crippen LogP contribution in [0.15, 0.2) is 71.3 Å². The Kier molecular flexibility index (Phi) is 6.02. The van der Waals surface area contributed by atoms with Crippen molar-refractivity contribution in [2.45, 2.75) is 0 Å². The predicted octanol–water partition coefficient (Wildman–Crippen LogP) is 2.50. The highest BCUT2D eigenvalue weighted by molar-refractivity contribution is 5.78. The van der Waals surface area contributed by atoms with E-state index >= 15 is 0 Å². The number of carbonyl (C=O) groups excluding carboxylic acids is 1. The average Bonchev–Trinajstić information content (AvgIpc) is 3.39. The van der Waals surface area contributed by atoms with Gasteiger partial charge in [-0.3, -0.25) is 4.79 Å². The molecule has 5 rings (SSSR count). The summed E-state index contributed by atoms with van der Waals surface area (Å²) in [5, 5.41) is 8.21. The number of hydrogen-bond donors (Lipinski definition) is 1. The van der Waals surface area contributed by atoms with Crippen molar-refractivity contribution in [3.05, 3.63) is 66.9 Å². The molecule has 10 nitrogen and oxygen atoms in total. The van der Waals surface area contributed by atoms with Gasteiger partial charge in [0.15, 0.2) is 18.1 Å². The second-order valence-electron chi connectivity index (χ2n) is 7.71. The molecule has 172 valence electrons. The number of aromatic nitrogens is 4. The van der Waals surface area contributed by atoms with E-state index in [1.165, 1.54) is 0 Å². The summed E-state index contributed by atoms with van der Waals surface area (Å²) >= 11 is 0. The Morgan fingerprint density at radius 3 is 2.35 bits per heavy atom. The Labute approximate surface area is 196 Å². The Hall–Kier alpha value is -4.47. The van der Waals surface area contributed by atoms with Crippen LogP contribution in [-0.4, -0.2) is 63.8 Å². The van der Waals surface area contributed by atoms with Gasteiger partial charge in [0.1, 0.15) is 11.6 Å². The first kappa shape index (κ1) is 21.4. The minimum absolute atomic E-state index is 0.0107. The molecule has 3 heterocycles. The number of ether oxygens (including phenoxy) is 1. The number of anilines is 2. The first-order valence-electron chi connectivity index (χ1n) is 10.9. The van der Waals surface area contributed by atoms with Crippen LogP contribution in [0.2, 0.25) is 0 Å². The van der Waals surface area contributed by atoms with E-state index in [4.69, 9.17) is 14.9 Å². The first-order chi connectivity index (χ1) is 16.7. The van der Waals surface area contributed by atoms with Gasteiger partial charge in [-0.25, -0.2) is 9.97 Å². The summed E-state index contributed by atoms with van der Waals surface area (Å²) in [6.45, 7) is 2.33. The first-order valence-corrected chi connectivity index (χ1v) is 10.9. The van der Waals surface area contributed by atoms with Gasteiger partial charge in [0, 0.05) is 31.7 Å². The molecular weight excluding hydrogens is 434 g/mol. The van der Waals surface area contributed by atoms with Crippen LogP contribution >= 0.6 is 0 Å². The maximum atomic E-state index is 12.5. The lowest BCUT2D eigenvalue weighted by Crippen LogP contribution is -2.50. The lowest BCUT2D eigenvalue weighted by Gasteiger charge is -2.35. The van der Waals surface area contributed by atoms with Crippen molar-refractivity contribution in [2.75, 3.05) is 43.4 Å². The van der Waals surface area contributed by atoms with Crippen LogP contribution in [0.5, 0.6) is 5.75 Å². The minimum atomic E-state index is -0.0492. The van der Waals surface area contributed by atoms with Gasteiger partial charge in [0.25, 0.3) is 11.8 Å². The van der Waals surface area contributed by atoms with Crippen LogP contribution in [0, 0.1) is 0 Å². The van der Waals surface area contributed by atoms with Gasteiger partial charge in [-0.05, 0) is 24.3 Å². The summed E-state index contributed by atoms with van der Waals surface area (Å²) in [5.41, 5.74) is 7.20.